The highest BCUT2D eigenvalue weighted by atomic mass is 35.5. The molecule has 1 aromatic rings. The molecule has 1 aromatic carbocycles. The van der Waals surface area contributed by atoms with Crippen molar-refractivity contribution in [1.29, 1.82) is 0 Å². The van der Waals surface area contributed by atoms with Crippen molar-refractivity contribution in [2.45, 2.75) is 6.42 Å². The van der Waals surface area contributed by atoms with Crippen LogP contribution in [0, 0.1) is 0 Å². The Balaban J connectivity index is 2.48. The van der Waals surface area contributed by atoms with Crippen molar-refractivity contribution in [1.82, 2.24) is 5.32 Å². The predicted molar refractivity (Wildman–Crippen MR) is 78.8 cm³/mol. The summed E-state index contributed by atoms with van der Waals surface area (Å²) in [6.45, 7) is 4.98. The summed E-state index contributed by atoms with van der Waals surface area (Å²) in [6.07, 6.45) is 2.55. The lowest BCUT2D eigenvalue weighted by molar-refractivity contribution is 0.0918. The molecule has 0 aliphatic rings. The number of nitrogens with one attached hydrogen (secondary N) is 1. The van der Waals surface area contributed by atoms with Crippen LogP contribution in [-0.4, -0.2) is 25.7 Å². The summed E-state index contributed by atoms with van der Waals surface area (Å²) in [7, 11) is 0. The Hall–Kier alpha value is -1.23. The topological polar surface area (TPSA) is 64.3 Å². The molecule has 0 heterocycles. The van der Waals surface area contributed by atoms with Crippen LogP contribution >= 0.6 is 23.2 Å². The number of ether oxygens (including phenoxy) is 1. The summed E-state index contributed by atoms with van der Waals surface area (Å²) in [6, 6.07) is 2.99. The van der Waals surface area contributed by atoms with Gasteiger partial charge in [0.15, 0.2) is 0 Å². The van der Waals surface area contributed by atoms with Crippen LogP contribution in [-0.2, 0) is 4.74 Å². The number of hydrogen-bond donors (Lipinski definition) is 2. The number of carbonyl (C=O) groups excluding carboxylic acids is 1. The second kappa shape index (κ2) is 8.04. The van der Waals surface area contributed by atoms with Gasteiger partial charge in [0.1, 0.15) is 0 Å². The first-order valence-electron chi connectivity index (χ1n) is 5.77. The SMILES string of the molecule is C=CCCOCCNC(=O)c1cc(N)cc(Cl)c1Cl. The van der Waals surface area contributed by atoms with Gasteiger partial charge in [0.2, 0.25) is 0 Å². The zero-order chi connectivity index (χ0) is 14.3. The summed E-state index contributed by atoms with van der Waals surface area (Å²) in [5.74, 6) is -0.327. The molecule has 0 aliphatic heterocycles. The zero-order valence-electron chi connectivity index (χ0n) is 10.4. The normalized spacial score (nSPS) is 10.2. The van der Waals surface area contributed by atoms with E-state index in [0.29, 0.717) is 25.4 Å². The Bertz CT molecular complexity index is 464. The van der Waals surface area contributed by atoms with Crippen LogP contribution < -0.4 is 11.1 Å². The predicted octanol–water partition coefficient (Wildman–Crippen LogP) is 2.90. The molecule has 0 saturated carbocycles. The molecule has 0 aromatic heterocycles. The fraction of sp³-hybridized carbons (Fsp3) is 0.308. The van der Waals surface area contributed by atoms with Gasteiger partial charge in [-0.1, -0.05) is 29.3 Å². The Morgan fingerprint density at radius 1 is 1.42 bits per heavy atom. The van der Waals surface area contributed by atoms with Gasteiger partial charge < -0.3 is 15.8 Å². The highest BCUT2D eigenvalue weighted by Crippen LogP contribution is 2.28. The van der Waals surface area contributed by atoms with Crippen molar-refractivity contribution in [3.8, 4) is 0 Å². The smallest absolute Gasteiger partial charge is 0.253 e. The molecule has 0 bridgehead atoms. The van der Waals surface area contributed by atoms with E-state index in [0.717, 1.165) is 6.42 Å². The lowest BCUT2D eigenvalue weighted by atomic mass is 10.2. The molecule has 0 unspecified atom stereocenters. The van der Waals surface area contributed by atoms with E-state index in [1.54, 1.807) is 6.08 Å². The lowest BCUT2D eigenvalue weighted by Crippen LogP contribution is -2.27. The third kappa shape index (κ3) is 5.11. The second-order valence-electron chi connectivity index (χ2n) is 3.81. The van der Waals surface area contributed by atoms with Crippen LogP contribution in [0.4, 0.5) is 5.69 Å². The molecule has 0 aliphatic carbocycles. The third-order valence-corrected chi connectivity index (χ3v) is 3.10. The standard InChI is InChI=1S/C13H16Cl2N2O2/c1-2-3-5-19-6-4-17-13(18)10-7-9(16)8-11(14)12(10)15/h2,7-8H,1,3-6,16H2,(H,17,18). The van der Waals surface area contributed by atoms with E-state index in [-0.39, 0.29) is 21.5 Å². The number of benzene rings is 1. The maximum Gasteiger partial charge on any atom is 0.253 e. The molecule has 3 N–H and O–H groups in total. The van der Waals surface area contributed by atoms with Crippen molar-refractivity contribution in [3.05, 3.63) is 40.4 Å². The number of nitrogen functional groups attached to an aromatic ring is 1. The van der Waals surface area contributed by atoms with Crippen LogP contribution in [0.3, 0.4) is 0 Å². The zero-order valence-corrected chi connectivity index (χ0v) is 11.9. The van der Waals surface area contributed by atoms with Gasteiger partial charge in [0.25, 0.3) is 5.91 Å². The molecule has 1 rings (SSSR count). The van der Waals surface area contributed by atoms with E-state index in [4.69, 9.17) is 33.7 Å². The number of nitrogens with two attached hydrogens (primary N) is 1. The quantitative estimate of drug-likeness (QED) is 0.462. The molecule has 6 heteroatoms. The van der Waals surface area contributed by atoms with E-state index in [9.17, 15) is 4.79 Å². The second-order valence-corrected chi connectivity index (χ2v) is 4.60. The Morgan fingerprint density at radius 2 is 2.16 bits per heavy atom. The fourth-order valence-corrected chi connectivity index (χ4v) is 1.80. The maximum absolute atomic E-state index is 11.9. The number of carbonyl (C=O) groups is 1. The first-order valence-corrected chi connectivity index (χ1v) is 6.53. The molecule has 0 atom stereocenters. The molecule has 0 radical (unpaired) electrons. The first-order chi connectivity index (χ1) is 9.06. The van der Waals surface area contributed by atoms with Crippen LogP contribution in [0.25, 0.3) is 0 Å². The van der Waals surface area contributed by atoms with Crippen LogP contribution in [0.15, 0.2) is 24.8 Å². The van der Waals surface area contributed by atoms with Crippen molar-refractivity contribution >= 4 is 34.8 Å². The van der Waals surface area contributed by atoms with Crippen LogP contribution in [0.2, 0.25) is 10.0 Å². The van der Waals surface area contributed by atoms with Gasteiger partial charge in [-0.05, 0) is 18.6 Å². The number of hydrogen-bond acceptors (Lipinski definition) is 3. The van der Waals surface area contributed by atoms with Crippen molar-refractivity contribution in [3.63, 3.8) is 0 Å². The third-order valence-electron chi connectivity index (χ3n) is 2.29. The summed E-state index contributed by atoms with van der Waals surface area (Å²) in [5, 5.41) is 3.14. The van der Waals surface area contributed by atoms with Gasteiger partial charge >= 0.3 is 0 Å². The summed E-state index contributed by atoms with van der Waals surface area (Å²) in [5.41, 5.74) is 6.27. The average molecular weight is 303 g/mol. The highest BCUT2D eigenvalue weighted by molar-refractivity contribution is 6.44. The van der Waals surface area contributed by atoms with Gasteiger partial charge in [-0.15, -0.1) is 6.58 Å². The van der Waals surface area contributed by atoms with Crippen LogP contribution in [0.1, 0.15) is 16.8 Å². The van der Waals surface area contributed by atoms with E-state index in [2.05, 4.69) is 11.9 Å². The van der Waals surface area contributed by atoms with Crippen molar-refractivity contribution in [2.75, 3.05) is 25.5 Å². The molecular formula is C13H16Cl2N2O2. The summed E-state index contributed by atoms with van der Waals surface area (Å²) >= 11 is 11.8. The Labute approximate surface area is 122 Å². The van der Waals surface area contributed by atoms with Gasteiger partial charge in [-0.25, -0.2) is 0 Å². The van der Waals surface area contributed by atoms with Crippen molar-refractivity contribution < 1.29 is 9.53 Å². The van der Waals surface area contributed by atoms with Gasteiger partial charge in [-0.3, -0.25) is 4.79 Å². The number of rotatable bonds is 7. The minimum absolute atomic E-state index is 0.195. The summed E-state index contributed by atoms with van der Waals surface area (Å²) in [4.78, 5) is 11.9. The Kier molecular flexibility index (Phi) is 6.70. The lowest BCUT2D eigenvalue weighted by Gasteiger charge is -2.09. The highest BCUT2D eigenvalue weighted by Gasteiger charge is 2.13. The molecule has 0 fully saturated rings. The van der Waals surface area contributed by atoms with Gasteiger partial charge in [0.05, 0.1) is 28.8 Å². The van der Waals surface area contributed by atoms with E-state index in [1.807, 2.05) is 0 Å². The molecular weight excluding hydrogens is 287 g/mol. The largest absolute Gasteiger partial charge is 0.399 e. The number of amides is 1. The molecule has 4 nitrogen and oxygen atoms in total. The van der Waals surface area contributed by atoms with E-state index >= 15 is 0 Å². The molecule has 19 heavy (non-hydrogen) atoms. The number of halogens is 2. The molecule has 1 amide bonds. The fourth-order valence-electron chi connectivity index (χ4n) is 1.38. The minimum Gasteiger partial charge on any atom is -0.399 e. The van der Waals surface area contributed by atoms with Gasteiger partial charge in [-0.2, -0.15) is 0 Å². The van der Waals surface area contributed by atoms with Gasteiger partial charge in [0, 0.05) is 12.2 Å². The summed E-state index contributed by atoms with van der Waals surface area (Å²) < 4.78 is 5.27. The molecule has 104 valence electrons. The minimum atomic E-state index is -0.327. The van der Waals surface area contributed by atoms with Crippen molar-refractivity contribution in [2.24, 2.45) is 0 Å². The first kappa shape index (κ1) is 15.8. The van der Waals surface area contributed by atoms with E-state index in [1.165, 1.54) is 12.1 Å². The van der Waals surface area contributed by atoms with E-state index < -0.39 is 0 Å². The Morgan fingerprint density at radius 3 is 2.84 bits per heavy atom. The number of anilines is 1. The molecule has 0 spiro atoms. The van der Waals surface area contributed by atoms with Crippen LogP contribution in [0.5, 0.6) is 0 Å². The average Bonchev–Trinajstić information content (AvgIpc) is 2.37. The monoisotopic (exact) mass is 302 g/mol. The maximum atomic E-state index is 11.9. The molecule has 0 saturated heterocycles.